The first kappa shape index (κ1) is 14.9. The van der Waals surface area contributed by atoms with Gasteiger partial charge in [-0.1, -0.05) is 15.9 Å². The molecule has 3 N–H and O–H groups in total. The molecule has 1 atom stereocenters. The quantitative estimate of drug-likeness (QED) is 0.716. The molecule has 0 radical (unpaired) electrons. The molecule has 1 aromatic carbocycles. The van der Waals surface area contributed by atoms with Gasteiger partial charge in [0.1, 0.15) is 0 Å². The number of ether oxygens (including phenoxy) is 1. The number of carboxylic acids is 1. The van der Waals surface area contributed by atoms with Crippen molar-refractivity contribution in [1.29, 1.82) is 0 Å². The molecular weight excluding hydrogens is 302 g/mol. The van der Waals surface area contributed by atoms with Crippen LogP contribution in [0.1, 0.15) is 16.8 Å². The molecule has 1 aromatic rings. The fourth-order valence-electron chi connectivity index (χ4n) is 1.47. The number of nitrogens with one attached hydrogen (secondary N) is 1. The third-order valence-corrected chi connectivity index (χ3v) is 2.77. The van der Waals surface area contributed by atoms with E-state index in [-0.39, 0.29) is 5.56 Å². The Morgan fingerprint density at radius 3 is 2.83 bits per heavy atom. The summed E-state index contributed by atoms with van der Waals surface area (Å²) in [5.74, 6) is -0.973. The molecule has 0 saturated carbocycles. The lowest BCUT2D eigenvalue weighted by Crippen LogP contribution is -2.18. The molecular formula is C12H16BrNO4. The van der Waals surface area contributed by atoms with E-state index in [2.05, 4.69) is 21.2 Å². The van der Waals surface area contributed by atoms with Gasteiger partial charge in [0.05, 0.1) is 18.3 Å². The number of benzene rings is 1. The molecule has 6 heteroatoms. The first-order valence-electron chi connectivity index (χ1n) is 5.47. The van der Waals surface area contributed by atoms with Gasteiger partial charge >= 0.3 is 5.97 Å². The summed E-state index contributed by atoms with van der Waals surface area (Å²) in [6.45, 7) is 0.834. The number of anilines is 1. The Kier molecular flexibility index (Phi) is 6.11. The van der Waals surface area contributed by atoms with Crippen molar-refractivity contribution in [3.8, 4) is 0 Å². The molecule has 0 bridgehead atoms. The molecule has 0 fully saturated rings. The Bertz CT molecular complexity index is 411. The Labute approximate surface area is 114 Å². The van der Waals surface area contributed by atoms with Crippen LogP contribution in [-0.2, 0) is 4.74 Å². The van der Waals surface area contributed by atoms with Crippen molar-refractivity contribution in [2.45, 2.75) is 12.5 Å². The molecule has 0 heterocycles. The second-order valence-electron chi connectivity index (χ2n) is 3.86. The number of halogens is 1. The maximum absolute atomic E-state index is 10.9. The average molecular weight is 318 g/mol. The van der Waals surface area contributed by atoms with E-state index in [9.17, 15) is 9.90 Å². The van der Waals surface area contributed by atoms with E-state index in [1.165, 1.54) is 13.2 Å². The van der Waals surface area contributed by atoms with Gasteiger partial charge in [-0.2, -0.15) is 0 Å². The van der Waals surface area contributed by atoms with Crippen LogP contribution in [0.3, 0.4) is 0 Å². The van der Waals surface area contributed by atoms with Crippen molar-refractivity contribution < 1.29 is 19.7 Å². The topological polar surface area (TPSA) is 78.8 Å². The van der Waals surface area contributed by atoms with Crippen LogP contribution in [0.4, 0.5) is 5.69 Å². The van der Waals surface area contributed by atoms with Crippen molar-refractivity contribution in [2.75, 3.05) is 25.6 Å². The van der Waals surface area contributed by atoms with Crippen LogP contribution in [-0.4, -0.2) is 42.5 Å². The van der Waals surface area contributed by atoms with Crippen LogP contribution in [0.5, 0.6) is 0 Å². The number of rotatable bonds is 7. The Balaban J connectivity index is 2.54. The summed E-state index contributed by atoms with van der Waals surface area (Å²) >= 11 is 3.25. The molecule has 0 aliphatic rings. The molecule has 0 saturated heterocycles. The Morgan fingerprint density at radius 1 is 1.50 bits per heavy atom. The molecule has 0 aliphatic heterocycles. The van der Waals surface area contributed by atoms with Gasteiger partial charge in [-0.25, -0.2) is 4.79 Å². The Hall–Kier alpha value is -1.11. The lowest BCUT2D eigenvalue weighted by molar-refractivity contribution is 0.0615. The SMILES string of the molecule is COCC(O)CCNc1cc(Br)cc(C(=O)O)c1. The number of methoxy groups -OCH3 is 1. The molecule has 100 valence electrons. The van der Waals surface area contributed by atoms with Gasteiger partial charge in [0, 0.05) is 23.8 Å². The smallest absolute Gasteiger partial charge is 0.335 e. The number of carbonyl (C=O) groups is 1. The maximum atomic E-state index is 10.9. The maximum Gasteiger partial charge on any atom is 0.335 e. The third-order valence-electron chi connectivity index (χ3n) is 2.31. The van der Waals surface area contributed by atoms with Gasteiger partial charge in [-0.15, -0.1) is 0 Å². The van der Waals surface area contributed by atoms with Crippen LogP contribution in [0.25, 0.3) is 0 Å². The van der Waals surface area contributed by atoms with Gasteiger partial charge in [0.2, 0.25) is 0 Å². The zero-order chi connectivity index (χ0) is 13.5. The minimum atomic E-state index is -0.973. The third kappa shape index (κ3) is 5.03. The number of hydrogen-bond donors (Lipinski definition) is 3. The summed E-state index contributed by atoms with van der Waals surface area (Å²) < 4.78 is 5.51. The van der Waals surface area contributed by atoms with Crippen molar-refractivity contribution in [3.05, 3.63) is 28.2 Å². The van der Waals surface area contributed by atoms with Crippen LogP contribution >= 0.6 is 15.9 Å². The molecule has 18 heavy (non-hydrogen) atoms. The molecule has 0 amide bonds. The minimum Gasteiger partial charge on any atom is -0.478 e. The van der Waals surface area contributed by atoms with E-state index in [0.717, 1.165) is 0 Å². The Morgan fingerprint density at radius 2 is 2.22 bits per heavy atom. The molecule has 0 aromatic heterocycles. The standard InChI is InChI=1S/C12H16BrNO4/c1-18-7-11(15)2-3-14-10-5-8(12(16)17)4-9(13)6-10/h4-6,11,14-15H,2-3,7H2,1H3,(H,16,17). The fourth-order valence-corrected chi connectivity index (χ4v) is 1.97. The summed E-state index contributed by atoms with van der Waals surface area (Å²) in [5, 5.41) is 21.4. The lowest BCUT2D eigenvalue weighted by Gasteiger charge is -2.11. The van der Waals surface area contributed by atoms with E-state index in [1.54, 1.807) is 12.1 Å². The zero-order valence-corrected chi connectivity index (χ0v) is 11.6. The average Bonchev–Trinajstić information content (AvgIpc) is 2.28. The highest BCUT2D eigenvalue weighted by Crippen LogP contribution is 2.19. The van der Waals surface area contributed by atoms with Crippen molar-refractivity contribution in [1.82, 2.24) is 0 Å². The van der Waals surface area contributed by atoms with E-state index in [0.29, 0.717) is 29.7 Å². The molecule has 1 unspecified atom stereocenters. The van der Waals surface area contributed by atoms with E-state index in [1.807, 2.05) is 0 Å². The van der Waals surface area contributed by atoms with Crippen molar-refractivity contribution in [3.63, 3.8) is 0 Å². The summed E-state index contributed by atoms with van der Waals surface area (Å²) in [6, 6.07) is 4.87. The van der Waals surface area contributed by atoms with Crippen LogP contribution in [0, 0.1) is 0 Å². The van der Waals surface area contributed by atoms with Gasteiger partial charge < -0.3 is 20.3 Å². The van der Waals surface area contributed by atoms with Crippen LogP contribution < -0.4 is 5.32 Å². The number of aliphatic hydroxyl groups excluding tert-OH is 1. The first-order valence-corrected chi connectivity index (χ1v) is 6.27. The molecule has 5 nitrogen and oxygen atoms in total. The van der Waals surface area contributed by atoms with E-state index >= 15 is 0 Å². The summed E-state index contributed by atoms with van der Waals surface area (Å²) in [7, 11) is 1.53. The number of aliphatic hydroxyl groups is 1. The summed E-state index contributed by atoms with van der Waals surface area (Å²) in [6.07, 6.45) is 0.0107. The highest BCUT2D eigenvalue weighted by molar-refractivity contribution is 9.10. The largest absolute Gasteiger partial charge is 0.478 e. The van der Waals surface area contributed by atoms with Gasteiger partial charge in [0.25, 0.3) is 0 Å². The summed E-state index contributed by atoms with van der Waals surface area (Å²) in [4.78, 5) is 10.9. The highest BCUT2D eigenvalue weighted by atomic mass is 79.9. The molecule has 0 aliphatic carbocycles. The lowest BCUT2D eigenvalue weighted by atomic mass is 10.2. The highest BCUT2D eigenvalue weighted by Gasteiger charge is 2.07. The van der Waals surface area contributed by atoms with E-state index in [4.69, 9.17) is 9.84 Å². The number of hydrogen-bond acceptors (Lipinski definition) is 4. The monoisotopic (exact) mass is 317 g/mol. The van der Waals surface area contributed by atoms with E-state index < -0.39 is 12.1 Å². The van der Waals surface area contributed by atoms with Crippen molar-refractivity contribution >= 4 is 27.6 Å². The predicted octanol–water partition coefficient (Wildman–Crippen LogP) is 1.96. The first-order chi connectivity index (χ1) is 8.52. The predicted molar refractivity (Wildman–Crippen MR) is 72.1 cm³/mol. The minimum absolute atomic E-state index is 0.212. The normalized spacial score (nSPS) is 12.2. The zero-order valence-electron chi connectivity index (χ0n) is 10.0. The summed E-state index contributed by atoms with van der Waals surface area (Å²) in [5.41, 5.74) is 0.913. The van der Waals surface area contributed by atoms with Crippen molar-refractivity contribution in [2.24, 2.45) is 0 Å². The van der Waals surface area contributed by atoms with Crippen LogP contribution in [0.15, 0.2) is 22.7 Å². The molecule has 1 rings (SSSR count). The molecule has 0 spiro atoms. The number of carboxylic acid groups (broad SMARTS) is 1. The fraction of sp³-hybridized carbons (Fsp3) is 0.417. The number of aromatic carboxylic acids is 1. The van der Waals surface area contributed by atoms with Gasteiger partial charge in [-0.05, 0) is 24.6 Å². The van der Waals surface area contributed by atoms with Gasteiger partial charge in [-0.3, -0.25) is 0 Å². The van der Waals surface area contributed by atoms with Crippen LogP contribution in [0.2, 0.25) is 0 Å². The second-order valence-corrected chi connectivity index (χ2v) is 4.77. The van der Waals surface area contributed by atoms with Gasteiger partial charge in [0.15, 0.2) is 0 Å². The second kappa shape index (κ2) is 7.35.